The first-order chi connectivity index (χ1) is 13.1. The lowest BCUT2D eigenvalue weighted by molar-refractivity contribution is -0.136. The van der Waals surface area contributed by atoms with Crippen molar-refractivity contribution >= 4 is 11.5 Å². The van der Waals surface area contributed by atoms with E-state index in [9.17, 15) is 4.79 Å². The van der Waals surface area contributed by atoms with E-state index in [-0.39, 0.29) is 11.8 Å². The van der Waals surface area contributed by atoms with Gasteiger partial charge in [0, 0.05) is 11.6 Å². The number of allylic oxidation sites excluding steroid dienone is 3. The fourth-order valence-electron chi connectivity index (χ4n) is 3.35. The molecule has 0 bridgehead atoms. The van der Waals surface area contributed by atoms with Gasteiger partial charge in [-0.15, -0.1) is 0 Å². The topological polar surface area (TPSA) is 65.0 Å². The minimum absolute atomic E-state index is 0.0462. The lowest BCUT2D eigenvalue weighted by Gasteiger charge is -2.27. The molecular formula is C23H30O5. The van der Waals surface area contributed by atoms with Gasteiger partial charge in [-0.25, -0.2) is 0 Å². The van der Waals surface area contributed by atoms with Crippen LogP contribution >= 0.6 is 0 Å². The van der Waals surface area contributed by atoms with Crippen LogP contribution in [-0.2, 0) is 4.79 Å². The molecule has 0 aromatic heterocycles. The van der Waals surface area contributed by atoms with Gasteiger partial charge in [0.05, 0.1) is 20.1 Å². The normalized spacial score (nSPS) is 13.9. The van der Waals surface area contributed by atoms with Crippen molar-refractivity contribution < 1.29 is 24.1 Å². The van der Waals surface area contributed by atoms with Crippen molar-refractivity contribution in [2.45, 2.75) is 40.5 Å². The van der Waals surface area contributed by atoms with Crippen LogP contribution in [0.3, 0.4) is 0 Å². The molecule has 1 aliphatic rings. The Balaban J connectivity index is 2.21. The van der Waals surface area contributed by atoms with Gasteiger partial charge in [0.15, 0.2) is 11.5 Å². The SMILES string of the molecule is C=C1C=C(/C=C/CC(=O)O)Oc2cc(OC)c(OCC(C)(C)CC(C)C)cc21. The Labute approximate surface area is 167 Å². The number of rotatable bonds is 9. The maximum absolute atomic E-state index is 10.7. The summed E-state index contributed by atoms with van der Waals surface area (Å²) >= 11 is 0. The Kier molecular flexibility index (Phi) is 6.95. The summed E-state index contributed by atoms with van der Waals surface area (Å²) in [6.07, 6.45) is 5.94. The lowest BCUT2D eigenvalue weighted by Crippen LogP contribution is -2.23. The smallest absolute Gasteiger partial charge is 0.307 e. The number of fused-ring (bicyclic) bond motifs is 1. The van der Waals surface area contributed by atoms with E-state index in [2.05, 4.69) is 34.3 Å². The van der Waals surface area contributed by atoms with Gasteiger partial charge >= 0.3 is 5.97 Å². The van der Waals surface area contributed by atoms with E-state index in [1.165, 1.54) is 6.08 Å². The van der Waals surface area contributed by atoms with E-state index < -0.39 is 5.97 Å². The van der Waals surface area contributed by atoms with E-state index >= 15 is 0 Å². The molecule has 5 nitrogen and oxygen atoms in total. The van der Waals surface area contributed by atoms with Crippen LogP contribution in [0.2, 0.25) is 0 Å². The summed E-state index contributed by atoms with van der Waals surface area (Å²) in [6, 6.07) is 3.67. The average Bonchev–Trinajstić information content (AvgIpc) is 2.58. The van der Waals surface area contributed by atoms with Crippen LogP contribution in [0.15, 0.2) is 42.7 Å². The number of carboxylic acids is 1. The fourth-order valence-corrected chi connectivity index (χ4v) is 3.35. The number of benzene rings is 1. The summed E-state index contributed by atoms with van der Waals surface area (Å²) < 4.78 is 17.5. The fraction of sp³-hybridized carbons (Fsp3) is 0.435. The van der Waals surface area contributed by atoms with Crippen molar-refractivity contribution in [3.05, 3.63) is 48.3 Å². The molecule has 0 aliphatic carbocycles. The highest BCUT2D eigenvalue weighted by Gasteiger charge is 2.23. The minimum atomic E-state index is -0.893. The van der Waals surface area contributed by atoms with Gasteiger partial charge in [-0.3, -0.25) is 4.79 Å². The molecule has 5 heteroatoms. The highest BCUT2D eigenvalue weighted by molar-refractivity contribution is 5.81. The molecule has 1 aliphatic heterocycles. The zero-order valence-electron chi connectivity index (χ0n) is 17.4. The van der Waals surface area contributed by atoms with E-state index in [0.29, 0.717) is 35.5 Å². The molecule has 152 valence electrons. The van der Waals surface area contributed by atoms with Crippen LogP contribution in [0.25, 0.3) is 5.57 Å². The summed E-state index contributed by atoms with van der Waals surface area (Å²) in [4.78, 5) is 10.7. The summed E-state index contributed by atoms with van der Waals surface area (Å²) in [5.74, 6) is 2.08. The lowest BCUT2D eigenvalue weighted by atomic mass is 9.85. The molecule has 28 heavy (non-hydrogen) atoms. The third-order valence-corrected chi connectivity index (χ3v) is 4.31. The largest absolute Gasteiger partial charge is 0.493 e. The molecular weight excluding hydrogens is 356 g/mol. The zero-order chi connectivity index (χ0) is 20.9. The van der Waals surface area contributed by atoms with Gasteiger partial charge < -0.3 is 19.3 Å². The quantitative estimate of drug-likeness (QED) is 0.610. The van der Waals surface area contributed by atoms with Gasteiger partial charge in [0.25, 0.3) is 0 Å². The third kappa shape index (κ3) is 5.91. The molecule has 0 amide bonds. The number of ether oxygens (including phenoxy) is 3. The molecule has 1 N–H and O–H groups in total. The molecule has 0 atom stereocenters. The van der Waals surface area contributed by atoms with Crippen LogP contribution in [0.1, 0.15) is 46.1 Å². The maximum atomic E-state index is 10.7. The first-order valence-corrected chi connectivity index (χ1v) is 9.43. The Morgan fingerprint density at radius 2 is 2.04 bits per heavy atom. The van der Waals surface area contributed by atoms with Crippen molar-refractivity contribution in [3.8, 4) is 17.2 Å². The molecule has 1 aromatic carbocycles. The summed E-state index contributed by atoms with van der Waals surface area (Å²) in [5, 5.41) is 8.75. The number of hydrogen-bond donors (Lipinski definition) is 1. The summed E-state index contributed by atoms with van der Waals surface area (Å²) in [6.45, 7) is 13.5. The predicted molar refractivity (Wildman–Crippen MR) is 111 cm³/mol. The van der Waals surface area contributed by atoms with Crippen molar-refractivity contribution in [3.63, 3.8) is 0 Å². The molecule has 0 unspecified atom stereocenters. The molecule has 1 aromatic rings. The number of hydrogen-bond acceptors (Lipinski definition) is 4. The van der Waals surface area contributed by atoms with Crippen LogP contribution in [0.4, 0.5) is 0 Å². The molecule has 2 rings (SSSR count). The molecule has 0 spiro atoms. The standard InChI is InChI=1S/C23H30O5/c1-15(2)13-23(4,5)14-27-21-11-18-16(3)10-17(8-7-9-22(24)25)28-19(18)12-20(21)26-6/h7-8,10-12,15H,3,9,13-14H2,1-2,4-6H3,(H,24,25)/b8-7+. The van der Waals surface area contributed by atoms with E-state index in [0.717, 1.165) is 17.6 Å². The average molecular weight is 386 g/mol. The van der Waals surface area contributed by atoms with Gasteiger partial charge in [0.2, 0.25) is 0 Å². The van der Waals surface area contributed by atoms with Gasteiger partial charge in [-0.05, 0) is 41.5 Å². The van der Waals surface area contributed by atoms with Crippen molar-refractivity contribution in [1.29, 1.82) is 0 Å². The van der Waals surface area contributed by atoms with Crippen LogP contribution in [0.5, 0.6) is 17.2 Å². The zero-order valence-corrected chi connectivity index (χ0v) is 17.4. The Bertz CT molecular complexity index is 799. The first-order valence-electron chi connectivity index (χ1n) is 9.43. The van der Waals surface area contributed by atoms with Gasteiger partial charge in [-0.1, -0.05) is 40.3 Å². The molecule has 1 heterocycles. The second kappa shape index (κ2) is 9.00. The van der Waals surface area contributed by atoms with Crippen LogP contribution < -0.4 is 14.2 Å². The number of aliphatic carboxylic acids is 1. The predicted octanol–water partition coefficient (Wildman–Crippen LogP) is 5.47. The van der Waals surface area contributed by atoms with Gasteiger partial charge in [-0.2, -0.15) is 0 Å². The monoisotopic (exact) mass is 386 g/mol. The molecule has 0 saturated carbocycles. The second-order valence-corrected chi connectivity index (χ2v) is 8.22. The van der Waals surface area contributed by atoms with Crippen LogP contribution in [-0.4, -0.2) is 24.8 Å². The van der Waals surface area contributed by atoms with Crippen molar-refractivity contribution in [1.82, 2.24) is 0 Å². The van der Waals surface area contributed by atoms with Gasteiger partial charge in [0.1, 0.15) is 11.5 Å². The first kappa shape index (κ1) is 21.6. The van der Waals surface area contributed by atoms with Crippen LogP contribution in [0, 0.1) is 11.3 Å². The maximum Gasteiger partial charge on any atom is 0.307 e. The Morgan fingerprint density at radius 3 is 2.64 bits per heavy atom. The Morgan fingerprint density at radius 1 is 1.32 bits per heavy atom. The van der Waals surface area contributed by atoms with E-state index in [1.807, 2.05) is 6.07 Å². The third-order valence-electron chi connectivity index (χ3n) is 4.31. The van der Waals surface area contributed by atoms with Crippen molar-refractivity contribution in [2.24, 2.45) is 11.3 Å². The number of carbonyl (C=O) groups is 1. The summed E-state index contributed by atoms with van der Waals surface area (Å²) in [7, 11) is 1.59. The van der Waals surface area contributed by atoms with E-state index in [4.69, 9.17) is 19.3 Å². The van der Waals surface area contributed by atoms with Crippen molar-refractivity contribution in [2.75, 3.05) is 13.7 Å². The molecule has 0 saturated heterocycles. The number of methoxy groups -OCH3 is 1. The highest BCUT2D eigenvalue weighted by Crippen LogP contribution is 2.42. The second-order valence-electron chi connectivity index (χ2n) is 8.22. The Hall–Kier alpha value is -2.69. The molecule has 0 radical (unpaired) electrons. The minimum Gasteiger partial charge on any atom is -0.493 e. The summed E-state index contributed by atoms with van der Waals surface area (Å²) in [5.41, 5.74) is 1.64. The highest BCUT2D eigenvalue weighted by atomic mass is 16.5. The van der Waals surface area contributed by atoms with E-state index in [1.54, 1.807) is 25.3 Å². The molecule has 0 fully saturated rings. The number of carboxylic acid groups (broad SMARTS) is 1.